The summed E-state index contributed by atoms with van der Waals surface area (Å²) < 4.78 is 0. The fraction of sp³-hybridized carbons (Fsp3) is 0.800. The van der Waals surface area contributed by atoms with Crippen LogP contribution in [0.3, 0.4) is 0 Å². The largest absolute Gasteiger partial charge is 0.363 e. The maximum absolute atomic E-state index is 5.78. The summed E-state index contributed by atoms with van der Waals surface area (Å²) in [7, 11) is 2.11. The molecule has 1 rings (SSSR count). The van der Waals surface area contributed by atoms with Crippen LogP contribution in [0.4, 0.5) is 0 Å². The third-order valence-electron chi connectivity index (χ3n) is 4.17. The first-order valence-corrected chi connectivity index (χ1v) is 7.32. The van der Waals surface area contributed by atoms with Crippen molar-refractivity contribution < 1.29 is 0 Å². The minimum Gasteiger partial charge on any atom is -0.363 e. The summed E-state index contributed by atoms with van der Waals surface area (Å²) >= 11 is 5.78. The molecule has 0 aromatic heterocycles. The lowest BCUT2D eigenvalue weighted by Crippen LogP contribution is -2.38. The van der Waals surface area contributed by atoms with Crippen LogP contribution in [0.15, 0.2) is 16.2 Å². The van der Waals surface area contributed by atoms with Gasteiger partial charge in [0, 0.05) is 24.8 Å². The Morgan fingerprint density at radius 3 is 2.56 bits per heavy atom. The van der Waals surface area contributed by atoms with E-state index >= 15 is 0 Å². The zero-order chi connectivity index (χ0) is 13.8. The molecule has 1 aliphatic carbocycles. The van der Waals surface area contributed by atoms with E-state index in [1.807, 2.05) is 13.8 Å². The monoisotopic (exact) mass is 270 g/mol. The van der Waals surface area contributed by atoms with Crippen molar-refractivity contribution in [3.63, 3.8) is 0 Å². The number of allylic oxidation sites excluding steroid dienone is 1. The third kappa shape index (κ3) is 4.64. The van der Waals surface area contributed by atoms with Crippen molar-refractivity contribution in [1.29, 1.82) is 0 Å². The molecule has 0 spiro atoms. The SMILES string of the molecule is CCC1CC(C)(CCN(C)C(C)=N/C=C(\C)Cl)C1. The zero-order valence-corrected chi connectivity index (χ0v) is 13.2. The van der Waals surface area contributed by atoms with E-state index < -0.39 is 0 Å². The summed E-state index contributed by atoms with van der Waals surface area (Å²) in [4.78, 5) is 6.57. The van der Waals surface area contributed by atoms with Crippen LogP contribution in [-0.4, -0.2) is 24.3 Å². The Balaban J connectivity index is 2.35. The van der Waals surface area contributed by atoms with Crippen LogP contribution in [-0.2, 0) is 0 Å². The van der Waals surface area contributed by atoms with E-state index in [2.05, 4.69) is 30.8 Å². The van der Waals surface area contributed by atoms with Gasteiger partial charge in [-0.25, -0.2) is 4.99 Å². The predicted molar refractivity (Wildman–Crippen MR) is 81.1 cm³/mol. The second-order valence-electron chi connectivity index (χ2n) is 6.06. The summed E-state index contributed by atoms with van der Waals surface area (Å²) in [5, 5.41) is 0.722. The molecule has 0 bridgehead atoms. The molecule has 0 aromatic carbocycles. The maximum Gasteiger partial charge on any atom is 0.101 e. The average molecular weight is 271 g/mol. The Hall–Kier alpha value is -0.500. The van der Waals surface area contributed by atoms with Crippen LogP contribution in [0.1, 0.15) is 53.4 Å². The van der Waals surface area contributed by atoms with Crippen molar-refractivity contribution in [1.82, 2.24) is 4.90 Å². The molecule has 1 fully saturated rings. The van der Waals surface area contributed by atoms with E-state index in [1.165, 1.54) is 25.7 Å². The lowest BCUT2D eigenvalue weighted by atomic mass is 9.61. The Morgan fingerprint density at radius 1 is 1.44 bits per heavy atom. The fourth-order valence-corrected chi connectivity index (χ4v) is 2.76. The summed E-state index contributed by atoms with van der Waals surface area (Å²) in [6, 6.07) is 0. The molecule has 0 aromatic rings. The van der Waals surface area contributed by atoms with Crippen molar-refractivity contribution in [2.45, 2.75) is 53.4 Å². The van der Waals surface area contributed by atoms with E-state index in [0.29, 0.717) is 5.41 Å². The van der Waals surface area contributed by atoms with E-state index in [1.54, 1.807) is 6.20 Å². The van der Waals surface area contributed by atoms with E-state index in [4.69, 9.17) is 11.6 Å². The molecule has 0 radical (unpaired) electrons. The molecule has 1 aliphatic rings. The Bertz CT molecular complexity index is 323. The van der Waals surface area contributed by atoms with Crippen LogP contribution in [0, 0.1) is 11.3 Å². The summed E-state index contributed by atoms with van der Waals surface area (Å²) in [5.74, 6) is 2.00. The zero-order valence-electron chi connectivity index (χ0n) is 12.5. The van der Waals surface area contributed by atoms with Crippen molar-refractivity contribution in [3.05, 3.63) is 11.2 Å². The van der Waals surface area contributed by atoms with Gasteiger partial charge in [-0.2, -0.15) is 0 Å². The normalized spacial score (nSPS) is 29.1. The van der Waals surface area contributed by atoms with Crippen molar-refractivity contribution >= 4 is 17.4 Å². The molecule has 0 aliphatic heterocycles. The standard InChI is InChI=1S/C15H27ClN2/c1-6-14-9-15(4,10-14)7-8-18(5)13(3)17-11-12(2)16/h11,14H,6-10H2,1-5H3/b12-11+,17-13?. The van der Waals surface area contributed by atoms with E-state index in [-0.39, 0.29) is 0 Å². The number of aliphatic imine (C=N–C) groups is 1. The van der Waals surface area contributed by atoms with Gasteiger partial charge in [0.1, 0.15) is 5.84 Å². The molecule has 0 N–H and O–H groups in total. The number of nitrogens with zero attached hydrogens (tertiary/aromatic N) is 2. The first-order chi connectivity index (χ1) is 8.36. The average Bonchev–Trinajstić information content (AvgIpc) is 2.29. The second kappa shape index (κ2) is 6.60. The first-order valence-electron chi connectivity index (χ1n) is 6.94. The molecular weight excluding hydrogens is 244 g/mol. The van der Waals surface area contributed by atoms with Gasteiger partial charge in [0.2, 0.25) is 0 Å². The van der Waals surface area contributed by atoms with Gasteiger partial charge in [-0.05, 0) is 44.4 Å². The van der Waals surface area contributed by atoms with Crippen molar-refractivity contribution in [3.8, 4) is 0 Å². The predicted octanol–water partition coefficient (Wildman–Crippen LogP) is 4.65. The number of hydrogen-bond donors (Lipinski definition) is 0. The van der Waals surface area contributed by atoms with Gasteiger partial charge >= 0.3 is 0 Å². The highest BCUT2D eigenvalue weighted by atomic mass is 35.5. The minimum atomic E-state index is 0.563. The van der Waals surface area contributed by atoms with Crippen LogP contribution in [0.25, 0.3) is 0 Å². The van der Waals surface area contributed by atoms with Crippen molar-refractivity contribution in [2.75, 3.05) is 13.6 Å². The highest BCUT2D eigenvalue weighted by Gasteiger charge is 2.38. The number of rotatable bonds is 5. The smallest absolute Gasteiger partial charge is 0.101 e. The quantitative estimate of drug-likeness (QED) is 0.524. The lowest BCUT2D eigenvalue weighted by molar-refractivity contribution is 0.0580. The second-order valence-corrected chi connectivity index (χ2v) is 6.65. The Morgan fingerprint density at radius 2 is 2.06 bits per heavy atom. The summed E-state index contributed by atoms with van der Waals surface area (Å²) in [5.41, 5.74) is 0.563. The molecule has 2 nitrogen and oxygen atoms in total. The van der Waals surface area contributed by atoms with Gasteiger partial charge < -0.3 is 4.90 Å². The van der Waals surface area contributed by atoms with Gasteiger partial charge in [-0.15, -0.1) is 0 Å². The molecule has 104 valence electrons. The number of hydrogen-bond acceptors (Lipinski definition) is 1. The van der Waals surface area contributed by atoms with Gasteiger partial charge in [0.05, 0.1) is 0 Å². The molecule has 0 saturated heterocycles. The minimum absolute atomic E-state index is 0.563. The molecule has 0 atom stereocenters. The summed E-state index contributed by atoms with van der Waals surface area (Å²) in [6.07, 6.45) is 7.11. The number of halogens is 1. The maximum atomic E-state index is 5.78. The molecular formula is C15H27ClN2. The van der Waals surface area contributed by atoms with Crippen molar-refractivity contribution in [2.24, 2.45) is 16.3 Å². The molecule has 1 saturated carbocycles. The van der Waals surface area contributed by atoms with Crippen LogP contribution < -0.4 is 0 Å². The number of amidine groups is 1. The fourth-order valence-electron chi connectivity index (χ4n) is 2.71. The van der Waals surface area contributed by atoms with Gasteiger partial charge in [-0.1, -0.05) is 31.9 Å². The topological polar surface area (TPSA) is 15.6 Å². The highest BCUT2D eigenvalue weighted by molar-refractivity contribution is 6.29. The molecule has 3 heteroatoms. The van der Waals surface area contributed by atoms with E-state index in [9.17, 15) is 0 Å². The molecule has 0 heterocycles. The van der Waals surface area contributed by atoms with Gasteiger partial charge in [0.15, 0.2) is 0 Å². The van der Waals surface area contributed by atoms with Crippen LogP contribution in [0.2, 0.25) is 0 Å². The van der Waals surface area contributed by atoms with Gasteiger partial charge in [0.25, 0.3) is 0 Å². The van der Waals surface area contributed by atoms with Crippen LogP contribution in [0.5, 0.6) is 0 Å². The van der Waals surface area contributed by atoms with E-state index in [0.717, 1.165) is 23.3 Å². The lowest BCUT2D eigenvalue weighted by Gasteiger charge is -2.46. The first kappa shape index (κ1) is 15.6. The summed E-state index contributed by atoms with van der Waals surface area (Å²) in [6.45, 7) is 9.68. The molecule has 18 heavy (non-hydrogen) atoms. The Labute approximate surface area is 117 Å². The third-order valence-corrected chi connectivity index (χ3v) is 4.27. The molecule has 0 amide bonds. The van der Waals surface area contributed by atoms with Crippen LogP contribution >= 0.6 is 11.6 Å². The highest BCUT2D eigenvalue weighted by Crippen LogP contribution is 2.49. The molecule has 0 unspecified atom stereocenters. The Kier molecular flexibility index (Phi) is 5.71. The van der Waals surface area contributed by atoms with Gasteiger partial charge in [-0.3, -0.25) is 0 Å².